The molecule has 1 N–H and O–H groups in total. The molecule has 0 unspecified atom stereocenters. The molecule has 0 bridgehead atoms. The Labute approximate surface area is 102 Å². The number of nitrogens with zero attached hydrogens (tertiary/aromatic N) is 3. The zero-order valence-electron chi connectivity index (χ0n) is 10.4. The van der Waals surface area contributed by atoms with Crippen molar-refractivity contribution in [1.29, 1.82) is 0 Å². The fraction of sp³-hybridized carbons (Fsp3) is 0.692. The standard InChI is InChI=1S/C13H20N4/c1-14-11-7-17(8-11)13-6-12(15-9-16-13)10-4-2-3-5-10/h6,9-11,14H,2-5,7-8H2,1H3. The van der Waals surface area contributed by atoms with Crippen LogP contribution in [0.15, 0.2) is 12.4 Å². The third-order valence-electron chi connectivity index (χ3n) is 4.06. The summed E-state index contributed by atoms with van der Waals surface area (Å²) < 4.78 is 0. The average molecular weight is 232 g/mol. The molecule has 1 aromatic rings. The van der Waals surface area contributed by atoms with Gasteiger partial charge in [-0.05, 0) is 19.9 Å². The molecule has 2 fully saturated rings. The second-order valence-corrected chi connectivity index (χ2v) is 5.17. The lowest BCUT2D eigenvalue weighted by Gasteiger charge is -2.40. The van der Waals surface area contributed by atoms with Crippen molar-refractivity contribution in [2.24, 2.45) is 0 Å². The predicted octanol–water partition coefficient (Wildman–Crippen LogP) is 1.54. The summed E-state index contributed by atoms with van der Waals surface area (Å²) >= 11 is 0. The smallest absolute Gasteiger partial charge is 0.132 e. The van der Waals surface area contributed by atoms with Crippen LogP contribution >= 0.6 is 0 Å². The Morgan fingerprint density at radius 3 is 2.71 bits per heavy atom. The molecule has 0 spiro atoms. The lowest BCUT2D eigenvalue weighted by molar-refractivity contribution is 0.446. The molecule has 17 heavy (non-hydrogen) atoms. The highest BCUT2D eigenvalue weighted by Gasteiger charge is 2.27. The number of rotatable bonds is 3. The van der Waals surface area contributed by atoms with Crippen molar-refractivity contribution in [3.8, 4) is 0 Å². The Balaban J connectivity index is 1.71. The maximum Gasteiger partial charge on any atom is 0.132 e. The highest BCUT2D eigenvalue weighted by atomic mass is 15.3. The first kappa shape index (κ1) is 11.0. The van der Waals surface area contributed by atoms with E-state index in [0.29, 0.717) is 12.0 Å². The molecule has 1 saturated heterocycles. The third-order valence-corrected chi connectivity index (χ3v) is 4.06. The van der Waals surface area contributed by atoms with Crippen molar-refractivity contribution in [2.75, 3.05) is 25.0 Å². The van der Waals surface area contributed by atoms with E-state index in [1.54, 1.807) is 6.33 Å². The van der Waals surface area contributed by atoms with Crippen molar-refractivity contribution >= 4 is 5.82 Å². The van der Waals surface area contributed by atoms with E-state index >= 15 is 0 Å². The molecule has 4 nitrogen and oxygen atoms in total. The van der Waals surface area contributed by atoms with E-state index in [4.69, 9.17) is 0 Å². The normalized spacial score (nSPS) is 21.8. The molecule has 3 rings (SSSR count). The molecule has 1 aliphatic heterocycles. The summed E-state index contributed by atoms with van der Waals surface area (Å²) in [4.78, 5) is 11.2. The van der Waals surface area contributed by atoms with E-state index < -0.39 is 0 Å². The zero-order chi connectivity index (χ0) is 11.7. The van der Waals surface area contributed by atoms with Gasteiger partial charge in [0.25, 0.3) is 0 Å². The molecule has 0 atom stereocenters. The number of anilines is 1. The summed E-state index contributed by atoms with van der Waals surface area (Å²) in [6.07, 6.45) is 7.05. The lowest BCUT2D eigenvalue weighted by Crippen LogP contribution is -2.57. The summed E-state index contributed by atoms with van der Waals surface area (Å²) in [6.45, 7) is 2.13. The minimum atomic E-state index is 0.625. The molecule has 2 heterocycles. The van der Waals surface area contributed by atoms with Crippen LogP contribution in [0.5, 0.6) is 0 Å². The highest BCUT2D eigenvalue weighted by molar-refractivity contribution is 5.43. The summed E-state index contributed by atoms with van der Waals surface area (Å²) in [5.74, 6) is 1.78. The van der Waals surface area contributed by atoms with Gasteiger partial charge in [0, 0.05) is 36.8 Å². The van der Waals surface area contributed by atoms with Crippen LogP contribution in [0.25, 0.3) is 0 Å². The number of hydrogen-bond donors (Lipinski definition) is 1. The van der Waals surface area contributed by atoms with Crippen LogP contribution in [-0.4, -0.2) is 36.1 Å². The van der Waals surface area contributed by atoms with Crippen molar-refractivity contribution in [3.63, 3.8) is 0 Å². The molecular weight excluding hydrogens is 212 g/mol. The Kier molecular flexibility index (Phi) is 2.97. The Bertz CT molecular complexity index is 381. The minimum absolute atomic E-state index is 0.625. The Morgan fingerprint density at radius 2 is 2.00 bits per heavy atom. The number of nitrogens with one attached hydrogen (secondary N) is 1. The monoisotopic (exact) mass is 232 g/mol. The Hall–Kier alpha value is -1.16. The molecule has 4 heteroatoms. The Morgan fingerprint density at radius 1 is 1.24 bits per heavy atom. The van der Waals surface area contributed by atoms with E-state index in [1.165, 1.54) is 31.4 Å². The second-order valence-electron chi connectivity index (χ2n) is 5.17. The topological polar surface area (TPSA) is 41.0 Å². The van der Waals surface area contributed by atoms with Gasteiger partial charge in [0.05, 0.1) is 0 Å². The van der Waals surface area contributed by atoms with Crippen LogP contribution in [0, 0.1) is 0 Å². The van der Waals surface area contributed by atoms with Crippen molar-refractivity contribution < 1.29 is 0 Å². The average Bonchev–Trinajstić information content (AvgIpc) is 2.81. The van der Waals surface area contributed by atoms with Gasteiger partial charge in [0.2, 0.25) is 0 Å². The molecule has 1 aliphatic carbocycles. The molecule has 0 aromatic carbocycles. The van der Waals surface area contributed by atoms with Crippen molar-refractivity contribution in [3.05, 3.63) is 18.1 Å². The van der Waals surface area contributed by atoms with Crippen LogP contribution in [0.2, 0.25) is 0 Å². The first-order valence-electron chi connectivity index (χ1n) is 6.61. The van der Waals surface area contributed by atoms with Crippen molar-refractivity contribution in [1.82, 2.24) is 15.3 Å². The van der Waals surface area contributed by atoms with E-state index in [2.05, 4.69) is 26.3 Å². The third kappa shape index (κ3) is 2.14. The largest absolute Gasteiger partial charge is 0.353 e. The first-order valence-corrected chi connectivity index (χ1v) is 6.61. The van der Waals surface area contributed by atoms with Gasteiger partial charge >= 0.3 is 0 Å². The van der Waals surface area contributed by atoms with Gasteiger partial charge in [-0.15, -0.1) is 0 Å². The first-order chi connectivity index (χ1) is 8.36. The van der Waals surface area contributed by atoms with Crippen LogP contribution in [0.4, 0.5) is 5.82 Å². The van der Waals surface area contributed by atoms with Gasteiger partial charge in [-0.1, -0.05) is 12.8 Å². The van der Waals surface area contributed by atoms with Crippen LogP contribution < -0.4 is 10.2 Å². The summed E-state index contributed by atoms with van der Waals surface area (Å²) in [5.41, 5.74) is 1.25. The number of hydrogen-bond acceptors (Lipinski definition) is 4. The van der Waals surface area contributed by atoms with Crippen LogP contribution in [-0.2, 0) is 0 Å². The molecule has 92 valence electrons. The van der Waals surface area contributed by atoms with Gasteiger partial charge < -0.3 is 10.2 Å². The van der Waals surface area contributed by atoms with Gasteiger partial charge in [-0.25, -0.2) is 9.97 Å². The number of likely N-dealkylation sites (N-methyl/N-ethyl adjacent to an activating group) is 1. The van der Waals surface area contributed by atoms with E-state index in [0.717, 1.165) is 18.9 Å². The SMILES string of the molecule is CNC1CN(c2cc(C3CCCC3)ncn2)C1. The van der Waals surface area contributed by atoms with E-state index in [9.17, 15) is 0 Å². The molecule has 1 aromatic heterocycles. The van der Waals surface area contributed by atoms with Gasteiger partial charge in [0.15, 0.2) is 0 Å². The predicted molar refractivity (Wildman–Crippen MR) is 68.3 cm³/mol. The fourth-order valence-electron chi connectivity index (χ4n) is 2.83. The minimum Gasteiger partial charge on any atom is -0.353 e. The molecule has 2 aliphatic rings. The maximum atomic E-state index is 4.45. The second kappa shape index (κ2) is 4.61. The van der Waals surface area contributed by atoms with Gasteiger partial charge in [-0.2, -0.15) is 0 Å². The van der Waals surface area contributed by atoms with Gasteiger partial charge in [0.1, 0.15) is 12.1 Å². The summed E-state index contributed by atoms with van der Waals surface area (Å²) in [5, 5.41) is 3.29. The van der Waals surface area contributed by atoms with Crippen LogP contribution in [0.3, 0.4) is 0 Å². The van der Waals surface area contributed by atoms with E-state index in [1.807, 2.05) is 7.05 Å². The number of aromatic nitrogens is 2. The molecule has 0 amide bonds. The van der Waals surface area contributed by atoms with E-state index in [-0.39, 0.29) is 0 Å². The summed E-state index contributed by atoms with van der Waals surface area (Å²) in [7, 11) is 2.02. The lowest BCUT2D eigenvalue weighted by atomic mass is 10.0. The molecule has 0 radical (unpaired) electrons. The van der Waals surface area contributed by atoms with Gasteiger partial charge in [-0.3, -0.25) is 0 Å². The maximum absolute atomic E-state index is 4.45. The quantitative estimate of drug-likeness (QED) is 0.858. The fourth-order valence-corrected chi connectivity index (χ4v) is 2.83. The summed E-state index contributed by atoms with van der Waals surface area (Å²) in [6, 6.07) is 2.82. The van der Waals surface area contributed by atoms with Crippen LogP contribution in [0.1, 0.15) is 37.3 Å². The van der Waals surface area contributed by atoms with Crippen molar-refractivity contribution in [2.45, 2.75) is 37.6 Å². The molecule has 1 saturated carbocycles. The highest BCUT2D eigenvalue weighted by Crippen LogP contribution is 2.34. The zero-order valence-corrected chi connectivity index (χ0v) is 10.4. The molecular formula is C13H20N4.